The molecule has 1 aromatic heterocycles. The Labute approximate surface area is 126 Å². The third-order valence-electron chi connectivity index (χ3n) is 4.10. The quantitative estimate of drug-likeness (QED) is 0.822. The standard InChI is InChI=1S/C17H25N3O/c1-4-10-19-17(12-21,16-8-6-5-7-9-16)11-20-13-18-14(2)15(20)3/h5-9,13,19,21H,4,10-12H2,1-3H3. The summed E-state index contributed by atoms with van der Waals surface area (Å²) in [6.07, 6.45) is 2.88. The van der Waals surface area contributed by atoms with Gasteiger partial charge in [0.2, 0.25) is 0 Å². The van der Waals surface area contributed by atoms with Crippen LogP contribution in [0.1, 0.15) is 30.3 Å². The summed E-state index contributed by atoms with van der Waals surface area (Å²) in [5.74, 6) is 0. The molecule has 1 unspecified atom stereocenters. The first-order chi connectivity index (χ1) is 10.1. The number of aliphatic hydroxyl groups excluding tert-OH is 1. The van der Waals surface area contributed by atoms with Crippen LogP contribution in [0.3, 0.4) is 0 Å². The maximum atomic E-state index is 10.1. The zero-order valence-corrected chi connectivity index (χ0v) is 13.1. The van der Waals surface area contributed by atoms with E-state index in [9.17, 15) is 5.11 Å². The third-order valence-corrected chi connectivity index (χ3v) is 4.10. The summed E-state index contributed by atoms with van der Waals surface area (Å²) in [7, 11) is 0. The zero-order valence-electron chi connectivity index (χ0n) is 13.1. The van der Waals surface area contributed by atoms with E-state index < -0.39 is 5.54 Å². The summed E-state index contributed by atoms with van der Waals surface area (Å²) in [6.45, 7) is 7.78. The van der Waals surface area contributed by atoms with Crippen molar-refractivity contribution in [1.29, 1.82) is 0 Å². The molecule has 21 heavy (non-hydrogen) atoms. The monoisotopic (exact) mass is 287 g/mol. The molecule has 0 fully saturated rings. The lowest BCUT2D eigenvalue weighted by Crippen LogP contribution is -2.49. The van der Waals surface area contributed by atoms with E-state index in [1.54, 1.807) is 0 Å². The van der Waals surface area contributed by atoms with Crippen molar-refractivity contribution in [3.63, 3.8) is 0 Å². The van der Waals surface area contributed by atoms with Gasteiger partial charge < -0.3 is 15.0 Å². The fraction of sp³-hybridized carbons (Fsp3) is 0.471. The minimum atomic E-state index is -0.477. The van der Waals surface area contributed by atoms with Gasteiger partial charge >= 0.3 is 0 Å². The number of nitrogens with zero attached hydrogens (tertiary/aromatic N) is 2. The molecular weight excluding hydrogens is 262 g/mol. The van der Waals surface area contributed by atoms with Crippen LogP contribution in [0.25, 0.3) is 0 Å². The number of imidazole rings is 1. The van der Waals surface area contributed by atoms with Gasteiger partial charge in [-0.3, -0.25) is 0 Å². The van der Waals surface area contributed by atoms with E-state index in [1.165, 1.54) is 0 Å². The Morgan fingerprint density at radius 1 is 1.24 bits per heavy atom. The highest BCUT2D eigenvalue weighted by Crippen LogP contribution is 2.24. The van der Waals surface area contributed by atoms with Crippen molar-refractivity contribution >= 4 is 0 Å². The topological polar surface area (TPSA) is 50.1 Å². The van der Waals surface area contributed by atoms with Crippen LogP contribution in [0.15, 0.2) is 36.7 Å². The molecular formula is C17H25N3O. The Hall–Kier alpha value is -1.65. The van der Waals surface area contributed by atoms with Gasteiger partial charge in [-0.05, 0) is 32.4 Å². The van der Waals surface area contributed by atoms with Crippen LogP contribution in [-0.2, 0) is 12.1 Å². The minimum Gasteiger partial charge on any atom is -0.394 e. The van der Waals surface area contributed by atoms with Gasteiger partial charge in [-0.15, -0.1) is 0 Å². The average Bonchev–Trinajstić information content (AvgIpc) is 2.84. The molecule has 0 saturated carbocycles. The summed E-state index contributed by atoms with van der Waals surface area (Å²) in [6, 6.07) is 10.2. The molecule has 1 heterocycles. The molecule has 1 atom stereocenters. The number of hydrogen-bond acceptors (Lipinski definition) is 3. The van der Waals surface area contributed by atoms with Crippen molar-refractivity contribution in [3.05, 3.63) is 53.6 Å². The molecule has 4 nitrogen and oxygen atoms in total. The van der Waals surface area contributed by atoms with E-state index in [0.29, 0.717) is 6.54 Å². The minimum absolute atomic E-state index is 0.0493. The highest BCUT2D eigenvalue weighted by atomic mass is 16.3. The molecule has 0 amide bonds. The summed E-state index contributed by atoms with van der Waals surface area (Å²) in [4.78, 5) is 4.36. The molecule has 2 rings (SSSR count). The first kappa shape index (κ1) is 15.7. The fourth-order valence-corrected chi connectivity index (χ4v) is 2.56. The number of benzene rings is 1. The molecule has 0 saturated heterocycles. The number of nitrogens with one attached hydrogen (secondary N) is 1. The van der Waals surface area contributed by atoms with E-state index in [1.807, 2.05) is 31.5 Å². The number of hydrogen-bond donors (Lipinski definition) is 2. The second kappa shape index (κ2) is 6.87. The van der Waals surface area contributed by atoms with Crippen molar-refractivity contribution in [2.75, 3.05) is 13.2 Å². The average molecular weight is 287 g/mol. The first-order valence-electron chi connectivity index (χ1n) is 7.52. The predicted molar refractivity (Wildman–Crippen MR) is 85.2 cm³/mol. The molecule has 1 aromatic carbocycles. The first-order valence-corrected chi connectivity index (χ1v) is 7.52. The van der Waals surface area contributed by atoms with Crippen LogP contribution in [0.4, 0.5) is 0 Å². The van der Waals surface area contributed by atoms with Crippen molar-refractivity contribution in [1.82, 2.24) is 14.9 Å². The molecule has 0 aliphatic rings. The van der Waals surface area contributed by atoms with Crippen LogP contribution in [0.5, 0.6) is 0 Å². The van der Waals surface area contributed by atoms with Crippen LogP contribution in [0, 0.1) is 13.8 Å². The zero-order chi connectivity index (χ0) is 15.3. The lowest BCUT2D eigenvalue weighted by Gasteiger charge is -2.34. The van der Waals surface area contributed by atoms with Crippen LogP contribution in [0.2, 0.25) is 0 Å². The number of aromatic nitrogens is 2. The van der Waals surface area contributed by atoms with Crippen LogP contribution in [-0.4, -0.2) is 27.8 Å². The van der Waals surface area contributed by atoms with E-state index in [4.69, 9.17) is 0 Å². The van der Waals surface area contributed by atoms with E-state index in [-0.39, 0.29) is 6.61 Å². The summed E-state index contributed by atoms with van der Waals surface area (Å²) in [5.41, 5.74) is 2.80. The van der Waals surface area contributed by atoms with E-state index in [2.05, 4.69) is 40.8 Å². The Bertz CT molecular complexity index is 565. The number of rotatable bonds is 7. The van der Waals surface area contributed by atoms with Gasteiger partial charge in [0, 0.05) is 12.2 Å². The lowest BCUT2D eigenvalue weighted by atomic mass is 9.90. The van der Waals surface area contributed by atoms with Gasteiger partial charge in [-0.2, -0.15) is 0 Å². The summed E-state index contributed by atoms with van der Waals surface area (Å²) < 4.78 is 2.11. The molecule has 114 valence electrons. The summed E-state index contributed by atoms with van der Waals surface area (Å²) in [5, 5.41) is 13.7. The Morgan fingerprint density at radius 2 is 1.95 bits per heavy atom. The molecule has 0 aliphatic carbocycles. The van der Waals surface area contributed by atoms with Gasteiger partial charge in [-0.25, -0.2) is 4.98 Å². The maximum Gasteiger partial charge on any atom is 0.0952 e. The number of aryl methyl sites for hydroxylation is 1. The highest BCUT2D eigenvalue weighted by Gasteiger charge is 2.31. The van der Waals surface area contributed by atoms with E-state index in [0.717, 1.165) is 29.9 Å². The van der Waals surface area contributed by atoms with E-state index >= 15 is 0 Å². The largest absolute Gasteiger partial charge is 0.394 e. The Morgan fingerprint density at radius 3 is 2.48 bits per heavy atom. The molecule has 0 radical (unpaired) electrons. The Kier molecular flexibility index (Phi) is 5.15. The molecule has 0 bridgehead atoms. The smallest absolute Gasteiger partial charge is 0.0952 e. The van der Waals surface area contributed by atoms with Gasteiger partial charge in [0.1, 0.15) is 0 Å². The van der Waals surface area contributed by atoms with Gasteiger partial charge in [0.15, 0.2) is 0 Å². The number of aliphatic hydroxyl groups is 1. The lowest BCUT2D eigenvalue weighted by molar-refractivity contribution is 0.141. The third kappa shape index (κ3) is 3.34. The van der Waals surface area contributed by atoms with Crippen LogP contribution < -0.4 is 5.32 Å². The van der Waals surface area contributed by atoms with Gasteiger partial charge in [-0.1, -0.05) is 37.3 Å². The molecule has 0 spiro atoms. The SMILES string of the molecule is CCCNC(CO)(Cn1cnc(C)c1C)c1ccccc1. The fourth-order valence-electron chi connectivity index (χ4n) is 2.56. The predicted octanol–water partition coefficient (Wildman–Crippen LogP) is 2.39. The van der Waals surface area contributed by atoms with Crippen molar-refractivity contribution in [2.45, 2.75) is 39.3 Å². The van der Waals surface area contributed by atoms with Crippen molar-refractivity contribution in [2.24, 2.45) is 0 Å². The maximum absolute atomic E-state index is 10.1. The molecule has 4 heteroatoms. The Balaban J connectivity index is 2.37. The van der Waals surface area contributed by atoms with Gasteiger partial charge in [0.05, 0.1) is 24.2 Å². The second-order valence-corrected chi connectivity index (χ2v) is 5.58. The molecule has 2 aromatic rings. The summed E-state index contributed by atoms with van der Waals surface area (Å²) >= 11 is 0. The molecule has 0 aliphatic heterocycles. The van der Waals surface area contributed by atoms with Crippen LogP contribution >= 0.6 is 0 Å². The second-order valence-electron chi connectivity index (χ2n) is 5.58. The molecule has 2 N–H and O–H groups in total. The normalized spacial score (nSPS) is 14.1. The van der Waals surface area contributed by atoms with Crippen molar-refractivity contribution < 1.29 is 5.11 Å². The highest BCUT2D eigenvalue weighted by molar-refractivity contribution is 5.25. The van der Waals surface area contributed by atoms with Gasteiger partial charge in [0.25, 0.3) is 0 Å². The van der Waals surface area contributed by atoms with Crippen molar-refractivity contribution in [3.8, 4) is 0 Å².